The molecule has 0 amide bonds. The average Bonchev–Trinajstić information content (AvgIpc) is 2.98. The largest absolute Gasteiger partial charge is 0.261 e. The lowest BCUT2D eigenvalue weighted by atomic mass is 10.2. The molecule has 0 unspecified atom stereocenters. The predicted molar refractivity (Wildman–Crippen MR) is 96.4 cm³/mol. The van der Waals surface area contributed by atoms with E-state index in [-0.39, 0.29) is 0 Å². The minimum Gasteiger partial charge on any atom is -0.261 e. The Labute approximate surface area is 141 Å². The zero-order valence-corrected chi connectivity index (χ0v) is 14.4. The standard InChI is InChI=1S/C17H14BrN3S/c1-19-17-21(20-11-13-7-9-15(18)10-8-13)16(12-22-17)14-5-3-2-4-6-14/h2-12H,1H3/b19-17?,20-11+. The van der Waals surface area contributed by atoms with Crippen LogP contribution < -0.4 is 4.80 Å². The molecule has 0 spiro atoms. The van der Waals surface area contributed by atoms with Gasteiger partial charge in [-0.1, -0.05) is 58.4 Å². The first-order valence-electron chi connectivity index (χ1n) is 6.76. The highest BCUT2D eigenvalue weighted by Crippen LogP contribution is 2.19. The summed E-state index contributed by atoms with van der Waals surface area (Å²) in [5.74, 6) is 0. The fourth-order valence-electron chi connectivity index (χ4n) is 2.04. The van der Waals surface area contributed by atoms with Crippen LogP contribution in [0, 0.1) is 0 Å². The Balaban J connectivity index is 2.03. The van der Waals surface area contributed by atoms with Crippen molar-refractivity contribution in [1.29, 1.82) is 0 Å². The second-order valence-electron chi connectivity index (χ2n) is 4.60. The molecule has 110 valence electrons. The van der Waals surface area contributed by atoms with E-state index in [1.165, 1.54) is 0 Å². The second-order valence-corrected chi connectivity index (χ2v) is 6.35. The fourth-order valence-corrected chi connectivity index (χ4v) is 3.11. The van der Waals surface area contributed by atoms with Gasteiger partial charge in [0.2, 0.25) is 4.80 Å². The van der Waals surface area contributed by atoms with E-state index in [0.717, 1.165) is 26.1 Å². The first-order valence-corrected chi connectivity index (χ1v) is 8.44. The molecule has 3 aromatic rings. The van der Waals surface area contributed by atoms with Crippen molar-refractivity contribution in [2.24, 2.45) is 10.1 Å². The average molecular weight is 372 g/mol. The molecule has 0 saturated carbocycles. The van der Waals surface area contributed by atoms with Gasteiger partial charge in [0.15, 0.2) is 0 Å². The lowest BCUT2D eigenvalue weighted by Gasteiger charge is -2.03. The van der Waals surface area contributed by atoms with E-state index < -0.39 is 0 Å². The van der Waals surface area contributed by atoms with E-state index in [1.807, 2.05) is 53.4 Å². The molecule has 0 aliphatic heterocycles. The SMILES string of the molecule is CN=c1scc(-c2ccccc2)n1/N=C/c1ccc(Br)cc1. The van der Waals surface area contributed by atoms with Crippen LogP contribution in [0.15, 0.2) is 74.5 Å². The maximum absolute atomic E-state index is 4.61. The fraction of sp³-hybridized carbons (Fsp3) is 0.0588. The molecular formula is C17H14BrN3S. The van der Waals surface area contributed by atoms with Crippen molar-refractivity contribution in [3.63, 3.8) is 0 Å². The van der Waals surface area contributed by atoms with Gasteiger partial charge in [-0.3, -0.25) is 4.99 Å². The summed E-state index contributed by atoms with van der Waals surface area (Å²) in [4.78, 5) is 5.17. The summed E-state index contributed by atoms with van der Waals surface area (Å²) in [6.07, 6.45) is 1.85. The molecule has 0 fully saturated rings. The maximum atomic E-state index is 4.61. The van der Waals surface area contributed by atoms with E-state index in [9.17, 15) is 0 Å². The van der Waals surface area contributed by atoms with Crippen LogP contribution in [0.2, 0.25) is 0 Å². The van der Waals surface area contributed by atoms with E-state index in [1.54, 1.807) is 18.4 Å². The van der Waals surface area contributed by atoms with E-state index in [4.69, 9.17) is 0 Å². The van der Waals surface area contributed by atoms with Gasteiger partial charge in [-0.2, -0.15) is 5.10 Å². The molecule has 5 heteroatoms. The molecule has 0 bridgehead atoms. The molecule has 0 saturated heterocycles. The first-order chi connectivity index (χ1) is 10.8. The van der Waals surface area contributed by atoms with Crippen molar-refractivity contribution in [2.75, 3.05) is 7.05 Å². The van der Waals surface area contributed by atoms with Gasteiger partial charge in [0.1, 0.15) is 0 Å². The predicted octanol–water partition coefficient (Wildman–Crippen LogP) is 4.39. The number of thiazole rings is 1. The minimum absolute atomic E-state index is 0.868. The Hall–Kier alpha value is -1.98. The van der Waals surface area contributed by atoms with Crippen molar-refractivity contribution >= 4 is 33.5 Å². The van der Waals surface area contributed by atoms with Gasteiger partial charge in [0.05, 0.1) is 11.9 Å². The summed E-state index contributed by atoms with van der Waals surface area (Å²) < 4.78 is 2.93. The van der Waals surface area contributed by atoms with E-state index in [2.05, 4.69) is 43.5 Å². The Kier molecular flexibility index (Phi) is 4.65. The van der Waals surface area contributed by atoms with Crippen LogP contribution in [0.25, 0.3) is 11.3 Å². The lowest BCUT2D eigenvalue weighted by Crippen LogP contribution is -2.11. The maximum Gasteiger partial charge on any atom is 0.205 e. The third kappa shape index (κ3) is 3.26. The summed E-state index contributed by atoms with van der Waals surface area (Å²) >= 11 is 5.02. The Morgan fingerprint density at radius 3 is 2.45 bits per heavy atom. The summed E-state index contributed by atoms with van der Waals surface area (Å²) in [6.45, 7) is 0. The molecule has 0 aliphatic carbocycles. The summed E-state index contributed by atoms with van der Waals surface area (Å²) in [6, 6.07) is 18.3. The van der Waals surface area contributed by atoms with Crippen LogP contribution in [0.3, 0.4) is 0 Å². The number of halogens is 1. The highest BCUT2D eigenvalue weighted by Gasteiger charge is 2.06. The number of nitrogens with zero attached hydrogens (tertiary/aromatic N) is 3. The molecule has 3 rings (SSSR count). The highest BCUT2D eigenvalue weighted by atomic mass is 79.9. The van der Waals surface area contributed by atoms with Crippen molar-refractivity contribution in [1.82, 2.24) is 4.68 Å². The van der Waals surface area contributed by atoms with Gasteiger partial charge >= 0.3 is 0 Å². The van der Waals surface area contributed by atoms with Crippen LogP contribution in [-0.4, -0.2) is 17.9 Å². The molecule has 0 N–H and O–H groups in total. The third-order valence-corrected chi connectivity index (χ3v) is 4.57. The molecule has 1 heterocycles. The van der Waals surface area contributed by atoms with Gasteiger partial charge < -0.3 is 0 Å². The van der Waals surface area contributed by atoms with Crippen molar-refractivity contribution in [3.05, 3.63) is 74.8 Å². The third-order valence-electron chi connectivity index (χ3n) is 3.14. The van der Waals surface area contributed by atoms with Crippen LogP contribution in [0.5, 0.6) is 0 Å². The topological polar surface area (TPSA) is 29.6 Å². The lowest BCUT2D eigenvalue weighted by molar-refractivity contribution is 0.848. The van der Waals surface area contributed by atoms with Gasteiger partial charge in [-0.25, -0.2) is 4.68 Å². The quantitative estimate of drug-likeness (QED) is 0.611. The Morgan fingerprint density at radius 2 is 1.77 bits per heavy atom. The molecule has 3 nitrogen and oxygen atoms in total. The van der Waals surface area contributed by atoms with Gasteiger partial charge in [-0.15, -0.1) is 11.3 Å². The second kappa shape index (κ2) is 6.85. The van der Waals surface area contributed by atoms with Crippen LogP contribution >= 0.6 is 27.3 Å². The zero-order chi connectivity index (χ0) is 15.4. The molecular weight excluding hydrogens is 358 g/mol. The normalized spacial score (nSPS) is 12.2. The van der Waals surface area contributed by atoms with Crippen LogP contribution in [0.1, 0.15) is 5.56 Å². The molecule has 1 aromatic heterocycles. The van der Waals surface area contributed by atoms with Crippen molar-refractivity contribution < 1.29 is 0 Å². The van der Waals surface area contributed by atoms with Crippen LogP contribution in [-0.2, 0) is 0 Å². The monoisotopic (exact) mass is 371 g/mol. The summed E-state index contributed by atoms with van der Waals surface area (Å²) in [5, 5.41) is 6.69. The minimum atomic E-state index is 0.868. The van der Waals surface area contributed by atoms with Gasteiger partial charge in [0, 0.05) is 22.5 Å². The number of hydrogen-bond acceptors (Lipinski definition) is 3. The first kappa shape index (κ1) is 14.9. The van der Waals surface area contributed by atoms with Gasteiger partial charge in [-0.05, 0) is 17.7 Å². The van der Waals surface area contributed by atoms with E-state index in [0.29, 0.717) is 0 Å². The highest BCUT2D eigenvalue weighted by molar-refractivity contribution is 9.10. The van der Waals surface area contributed by atoms with Crippen molar-refractivity contribution in [3.8, 4) is 11.3 Å². The molecule has 0 radical (unpaired) electrons. The molecule has 0 aliphatic rings. The molecule has 0 atom stereocenters. The molecule has 22 heavy (non-hydrogen) atoms. The van der Waals surface area contributed by atoms with E-state index >= 15 is 0 Å². The number of hydrogen-bond donors (Lipinski definition) is 0. The Bertz CT molecular complexity index is 846. The van der Waals surface area contributed by atoms with Crippen LogP contribution in [0.4, 0.5) is 0 Å². The smallest absolute Gasteiger partial charge is 0.205 e. The Morgan fingerprint density at radius 1 is 1.05 bits per heavy atom. The number of rotatable bonds is 3. The molecule has 2 aromatic carbocycles. The summed E-state index contributed by atoms with van der Waals surface area (Å²) in [7, 11) is 1.78. The van der Waals surface area contributed by atoms with Gasteiger partial charge in [0.25, 0.3) is 0 Å². The number of aromatic nitrogens is 1. The summed E-state index contributed by atoms with van der Waals surface area (Å²) in [5.41, 5.74) is 3.21. The zero-order valence-electron chi connectivity index (χ0n) is 12.0. The van der Waals surface area contributed by atoms with Crippen molar-refractivity contribution in [2.45, 2.75) is 0 Å². The number of benzene rings is 2.